The van der Waals surface area contributed by atoms with E-state index in [2.05, 4.69) is 93.4 Å². The van der Waals surface area contributed by atoms with Gasteiger partial charge in [0, 0.05) is 30.7 Å². The molecule has 8 heteroatoms. The van der Waals surface area contributed by atoms with Gasteiger partial charge in [0.15, 0.2) is 0 Å². The lowest BCUT2D eigenvalue weighted by atomic mass is 9.94. The summed E-state index contributed by atoms with van der Waals surface area (Å²) < 4.78 is 19.2. The SMILES string of the molecule is CN(CCSCCO[Si](c1ccccc1)(c1ccccc1)C(C)(C)C)C(CCCCCOC(=O)C1CCCCCCCCCCCCCC1)CCCCCOC(=O)C1CCCCCCCCCCCCCC1. The van der Waals surface area contributed by atoms with Gasteiger partial charge in [-0.1, -0.05) is 261 Å². The summed E-state index contributed by atoms with van der Waals surface area (Å²) in [5.74, 6) is 2.36. The molecule has 0 heterocycles. The monoisotopic (exact) mass is 1030 g/mol. The van der Waals surface area contributed by atoms with Gasteiger partial charge in [0.1, 0.15) is 0 Å². The normalized spacial score (nSPS) is 18.1. The third kappa shape index (κ3) is 25.6. The maximum absolute atomic E-state index is 13.4. The molecule has 0 bridgehead atoms. The van der Waals surface area contributed by atoms with E-state index in [-0.39, 0.29) is 28.8 Å². The second-order valence-electron chi connectivity index (χ2n) is 23.3. The van der Waals surface area contributed by atoms with Crippen LogP contribution in [0, 0.1) is 11.8 Å². The topological polar surface area (TPSA) is 65.1 Å². The first kappa shape index (κ1) is 62.4. The Labute approximate surface area is 449 Å². The van der Waals surface area contributed by atoms with E-state index in [1.807, 2.05) is 11.8 Å². The molecule has 72 heavy (non-hydrogen) atoms. The lowest BCUT2D eigenvalue weighted by Gasteiger charge is -2.43. The summed E-state index contributed by atoms with van der Waals surface area (Å²) in [6.45, 7) is 9.98. The van der Waals surface area contributed by atoms with Crippen LogP contribution in [0.5, 0.6) is 0 Å². The van der Waals surface area contributed by atoms with Crippen molar-refractivity contribution in [1.82, 2.24) is 4.90 Å². The summed E-state index contributed by atoms with van der Waals surface area (Å²) in [4.78, 5) is 29.3. The fraction of sp³-hybridized carbons (Fsp3) is 0.781. The molecular weight excluding hydrogens is 923 g/mol. The molecule has 0 radical (unpaired) electrons. The number of thioether (sulfide) groups is 1. The number of hydrogen-bond acceptors (Lipinski definition) is 7. The van der Waals surface area contributed by atoms with Crippen molar-refractivity contribution in [3.05, 3.63) is 60.7 Å². The highest BCUT2D eigenvalue weighted by molar-refractivity contribution is 7.99. The van der Waals surface area contributed by atoms with Gasteiger partial charge in [0.2, 0.25) is 0 Å². The fourth-order valence-electron chi connectivity index (χ4n) is 11.9. The zero-order chi connectivity index (χ0) is 51.2. The largest absolute Gasteiger partial charge is 0.465 e. The Morgan fingerprint density at radius 3 is 1.19 bits per heavy atom. The van der Waals surface area contributed by atoms with Crippen LogP contribution in [-0.2, 0) is 23.5 Å². The molecule has 2 fully saturated rings. The first-order valence-corrected chi connectivity index (χ1v) is 33.6. The zero-order valence-corrected chi connectivity index (χ0v) is 48.9. The highest BCUT2D eigenvalue weighted by Gasteiger charge is 2.50. The fourth-order valence-corrected chi connectivity index (χ4v) is 17.4. The summed E-state index contributed by atoms with van der Waals surface area (Å²) in [7, 11) is -0.210. The Balaban J connectivity index is 1.24. The molecule has 2 aliphatic rings. The van der Waals surface area contributed by atoms with Crippen molar-refractivity contribution in [3.8, 4) is 0 Å². The van der Waals surface area contributed by atoms with Crippen LogP contribution in [0.4, 0.5) is 0 Å². The summed E-state index contributed by atoms with van der Waals surface area (Å²) in [6.07, 6.45) is 44.1. The molecule has 0 N–H and O–H groups in total. The second kappa shape index (κ2) is 39.3. The minimum absolute atomic E-state index is 0.0204. The van der Waals surface area contributed by atoms with Crippen molar-refractivity contribution in [2.75, 3.05) is 44.9 Å². The molecule has 0 atom stereocenters. The maximum atomic E-state index is 13.4. The summed E-state index contributed by atoms with van der Waals surface area (Å²) in [5.41, 5.74) is 0. The Kier molecular flexibility index (Phi) is 34.0. The average molecular weight is 1030 g/mol. The molecule has 0 aliphatic heterocycles. The molecule has 6 nitrogen and oxygen atoms in total. The van der Waals surface area contributed by atoms with Crippen LogP contribution in [0.25, 0.3) is 0 Å². The lowest BCUT2D eigenvalue weighted by molar-refractivity contribution is -0.150. The van der Waals surface area contributed by atoms with Crippen LogP contribution < -0.4 is 10.4 Å². The van der Waals surface area contributed by atoms with Crippen LogP contribution in [0.1, 0.15) is 252 Å². The van der Waals surface area contributed by atoms with E-state index in [1.54, 1.807) is 0 Å². The van der Waals surface area contributed by atoms with Crippen molar-refractivity contribution >= 4 is 42.4 Å². The van der Waals surface area contributed by atoms with Crippen molar-refractivity contribution < 1.29 is 23.5 Å². The summed E-state index contributed by atoms with van der Waals surface area (Å²) in [5, 5.41) is 2.66. The van der Waals surface area contributed by atoms with Crippen LogP contribution in [0.15, 0.2) is 60.7 Å². The lowest BCUT2D eigenvalue weighted by Crippen LogP contribution is -2.66. The van der Waals surface area contributed by atoms with E-state index in [4.69, 9.17) is 13.9 Å². The predicted molar refractivity (Wildman–Crippen MR) is 312 cm³/mol. The van der Waals surface area contributed by atoms with Gasteiger partial charge in [0.25, 0.3) is 8.32 Å². The van der Waals surface area contributed by atoms with Crippen LogP contribution >= 0.6 is 11.8 Å². The average Bonchev–Trinajstić information content (AvgIpc) is 3.40. The third-order valence-corrected chi connectivity index (χ3v) is 22.4. The number of carbonyl (C=O) groups excluding carboxylic acids is 2. The van der Waals surface area contributed by atoms with Gasteiger partial charge < -0.3 is 18.8 Å². The number of rotatable bonds is 24. The van der Waals surface area contributed by atoms with Gasteiger partial charge in [-0.3, -0.25) is 9.59 Å². The Morgan fingerprint density at radius 1 is 0.500 bits per heavy atom. The minimum Gasteiger partial charge on any atom is -0.465 e. The number of carbonyl (C=O) groups is 2. The quantitative estimate of drug-likeness (QED) is 0.0590. The molecule has 0 spiro atoms. The van der Waals surface area contributed by atoms with Crippen molar-refractivity contribution in [1.29, 1.82) is 0 Å². The number of esters is 2. The second-order valence-corrected chi connectivity index (χ2v) is 28.9. The van der Waals surface area contributed by atoms with Crippen LogP contribution in [0.3, 0.4) is 0 Å². The number of ether oxygens (including phenoxy) is 2. The number of nitrogens with zero attached hydrogens (tertiary/aromatic N) is 1. The number of hydrogen-bond donors (Lipinski definition) is 0. The number of unbranched alkanes of at least 4 members (excludes halogenated alkanes) is 4. The molecule has 2 aliphatic carbocycles. The standard InChI is InChI=1S/C64H109NO5SSi/c1-64(2,3)72(60-47-35-25-36-48-60,61-49-37-26-38-50-61)70-54-56-71-55-51-65(4)59(45-33-27-39-52-68-62(66)57-41-29-21-17-13-9-5-6-10-14-18-22-30-42-57)46-34-28-40-53-69-63(67)58-43-31-23-19-15-11-7-8-12-16-20-24-32-44-58/h25-26,35-38,47-50,57-59H,5-24,27-34,39-46,51-56H2,1-4H3. The highest BCUT2D eigenvalue weighted by Crippen LogP contribution is 2.37. The van der Waals surface area contributed by atoms with E-state index < -0.39 is 8.32 Å². The van der Waals surface area contributed by atoms with Crippen molar-refractivity contribution in [2.24, 2.45) is 11.8 Å². The van der Waals surface area contributed by atoms with Crippen molar-refractivity contribution in [3.63, 3.8) is 0 Å². The number of benzene rings is 2. The van der Waals surface area contributed by atoms with Crippen LogP contribution in [0.2, 0.25) is 5.04 Å². The molecule has 2 saturated carbocycles. The predicted octanol–water partition coefficient (Wildman–Crippen LogP) is 17.0. The third-order valence-electron chi connectivity index (χ3n) is 16.4. The van der Waals surface area contributed by atoms with E-state index in [0.29, 0.717) is 19.3 Å². The molecule has 410 valence electrons. The molecule has 0 saturated heterocycles. The summed E-state index contributed by atoms with van der Waals surface area (Å²) >= 11 is 2.02. The molecule has 0 amide bonds. The van der Waals surface area contributed by atoms with Gasteiger partial charge in [-0.25, -0.2) is 0 Å². The van der Waals surface area contributed by atoms with E-state index in [0.717, 1.165) is 127 Å². The smallest absolute Gasteiger partial charge is 0.308 e. The first-order chi connectivity index (χ1) is 35.2. The van der Waals surface area contributed by atoms with Gasteiger partial charge in [-0.2, -0.15) is 11.8 Å². The molecule has 2 aromatic rings. The summed E-state index contributed by atoms with van der Waals surface area (Å²) in [6, 6.07) is 22.5. The molecule has 2 aromatic carbocycles. The zero-order valence-electron chi connectivity index (χ0n) is 47.1. The Morgan fingerprint density at radius 2 is 0.847 bits per heavy atom. The van der Waals surface area contributed by atoms with Gasteiger partial charge >= 0.3 is 11.9 Å². The van der Waals surface area contributed by atoms with E-state index >= 15 is 0 Å². The molecule has 0 unspecified atom stereocenters. The van der Waals surface area contributed by atoms with E-state index in [1.165, 1.54) is 139 Å². The van der Waals surface area contributed by atoms with Gasteiger partial charge in [-0.15, -0.1) is 0 Å². The molecule has 0 aromatic heterocycles. The van der Waals surface area contributed by atoms with Gasteiger partial charge in [-0.05, 0) is 73.8 Å². The van der Waals surface area contributed by atoms with Gasteiger partial charge in [0.05, 0.1) is 25.0 Å². The van der Waals surface area contributed by atoms with E-state index in [9.17, 15) is 9.59 Å². The van der Waals surface area contributed by atoms with Crippen molar-refractivity contribution in [2.45, 2.75) is 263 Å². The Hall–Kier alpha value is -2.13. The maximum Gasteiger partial charge on any atom is 0.308 e. The Bertz CT molecular complexity index is 1490. The molecule has 4 rings (SSSR count). The first-order valence-electron chi connectivity index (χ1n) is 30.6. The van der Waals surface area contributed by atoms with Crippen LogP contribution in [-0.4, -0.2) is 76.1 Å². The highest BCUT2D eigenvalue weighted by atomic mass is 32.2. The minimum atomic E-state index is -2.54. The molecular formula is C64H109NO5SSi.